The molecule has 5 nitrogen and oxygen atoms in total. The first kappa shape index (κ1) is 10.3. The fraction of sp³-hybridized carbons (Fsp3) is 0.273. The summed E-state index contributed by atoms with van der Waals surface area (Å²) in [5.74, 6) is 1.20. The molecule has 17 heavy (non-hydrogen) atoms. The lowest BCUT2D eigenvalue weighted by Crippen LogP contribution is -1.87. The van der Waals surface area contributed by atoms with Crippen LogP contribution in [-0.4, -0.2) is 19.4 Å². The zero-order chi connectivity index (χ0) is 12.0. The summed E-state index contributed by atoms with van der Waals surface area (Å²) >= 11 is 1.55. The summed E-state index contributed by atoms with van der Waals surface area (Å²) in [6, 6.07) is 0. The number of aromatic amines is 1. The third-order valence-corrected chi connectivity index (χ3v) is 3.79. The average Bonchev–Trinajstić information content (AvgIpc) is 2.88. The molecule has 0 aromatic carbocycles. The number of nitrogen functional groups attached to an aromatic ring is 1. The van der Waals surface area contributed by atoms with Crippen LogP contribution in [0.4, 0.5) is 5.00 Å². The number of hydrogen-bond acceptors (Lipinski definition) is 4. The fourth-order valence-electron chi connectivity index (χ4n) is 1.72. The molecule has 3 heterocycles. The van der Waals surface area contributed by atoms with Gasteiger partial charge in [-0.2, -0.15) is 0 Å². The maximum absolute atomic E-state index is 6.01. The van der Waals surface area contributed by atoms with E-state index in [1.54, 1.807) is 17.5 Å². The molecule has 0 saturated heterocycles. The van der Waals surface area contributed by atoms with E-state index in [1.165, 1.54) is 0 Å². The lowest BCUT2D eigenvalue weighted by Gasteiger charge is -1.95. The number of thiazole rings is 1. The van der Waals surface area contributed by atoms with E-state index in [0.717, 1.165) is 27.2 Å². The molecule has 3 aromatic rings. The van der Waals surface area contributed by atoms with E-state index < -0.39 is 0 Å². The SMILES string of the molecule is CC(C)c1nc(-c2cn3ccnc3[nH]2)c(N)s1. The van der Waals surface area contributed by atoms with E-state index in [4.69, 9.17) is 5.73 Å². The fourth-order valence-corrected chi connectivity index (χ4v) is 2.57. The molecule has 0 fully saturated rings. The van der Waals surface area contributed by atoms with Gasteiger partial charge >= 0.3 is 0 Å². The highest BCUT2D eigenvalue weighted by Crippen LogP contribution is 2.33. The number of nitrogens with one attached hydrogen (secondary N) is 1. The Morgan fingerprint density at radius 2 is 2.29 bits per heavy atom. The van der Waals surface area contributed by atoms with Gasteiger partial charge in [-0.15, -0.1) is 11.3 Å². The predicted molar refractivity (Wildman–Crippen MR) is 69.2 cm³/mol. The van der Waals surface area contributed by atoms with Crippen molar-refractivity contribution >= 4 is 22.1 Å². The highest BCUT2D eigenvalue weighted by atomic mass is 32.1. The number of hydrogen-bond donors (Lipinski definition) is 2. The maximum Gasteiger partial charge on any atom is 0.211 e. The van der Waals surface area contributed by atoms with Gasteiger partial charge in [0, 0.05) is 24.5 Å². The number of fused-ring (bicyclic) bond motifs is 1. The molecule has 0 unspecified atom stereocenters. The van der Waals surface area contributed by atoms with Gasteiger partial charge in [-0.3, -0.25) is 4.40 Å². The minimum absolute atomic E-state index is 0.398. The van der Waals surface area contributed by atoms with Crippen LogP contribution in [0.25, 0.3) is 17.2 Å². The Bertz CT molecular complexity index is 632. The molecule has 0 saturated carbocycles. The topological polar surface area (TPSA) is 72.0 Å². The Kier molecular flexibility index (Phi) is 2.19. The first-order chi connectivity index (χ1) is 8.15. The summed E-state index contributed by atoms with van der Waals surface area (Å²) in [5.41, 5.74) is 7.74. The Morgan fingerprint density at radius 1 is 1.47 bits per heavy atom. The van der Waals surface area contributed by atoms with Gasteiger partial charge in [0.05, 0.1) is 10.7 Å². The molecule has 0 aliphatic carbocycles. The number of H-pyrrole nitrogens is 1. The summed E-state index contributed by atoms with van der Waals surface area (Å²) in [4.78, 5) is 12.0. The van der Waals surface area contributed by atoms with E-state index in [-0.39, 0.29) is 0 Å². The lowest BCUT2D eigenvalue weighted by atomic mass is 10.2. The van der Waals surface area contributed by atoms with Crippen molar-refractivity contribution in [3.05, 3.63) is 23.6 Å². The zero-order valence-electron chi connectivity index (χ0n) is 9.64. The largest absolute Gasteiger partial charge is 0.389 e. The highest BCUT2D eigenvalue weighted by Gasteiger charge is 2.14. The van der Waals surface area contributed by atoms with Gasteiger partial charge in [-0.25, -0.2) is 9.97 Å². The van der Waals surface area contributed by atoms with Gasteiger partial charge in [0.1, 0.15) is 10.7 Å². The molecule has 0 amide bonds. The molecule has 0 aliphatic rings. The number of nitrogens with two attached hydrogens (primary N) is 1. The normalized spacial score (nSPS) is 11.7. The molecular formula is C11H13N5S. The second kappa shape index (κ2) is 3.59. The van der Waals surface area contributed by atoms with E-state index in [2.05, 4.69) is 28.8 Å². The van der Waals surface area contributed by atoms with Crippen molar-refractivity contribution in [2.24, 2.45) is 0 Å². The molecule has 3 aromatic heterocycles. The van der Waals surface area contributed by atoms with E-state index in [9.17, 15) is 0 Å². The summed E-state index contributed by atoms with van der Waals surface area (Å²) in [6.45, 7) is 4.23. The Labute approximate surface area is 102 Å². The average molecular weight is 247 g/mol. The van der Waals surface area contributed by atoms with Crippen LogP contribution in [0.3, 0.4) is 0 Å². The standard InChI is InChI=1S/C11H13N5S/c1-6(2)10-15-8(9(12)17-10)7-5-16-4-3-13-11(16)14-7/h3-6H,12H2,1-2H3,(H,13,14). The maximum atomic E-state index is 6.01. The van der Waals surface area contributed by atoms with Crippen LogP contribution in [-0.2, 0) is 0 Å². The molecule has 0 spiro atoms. The van der Waals surface area contributed by atoms with Crippen LogP contribution < -0.4 is 5.73 Å². The van der Waals surface area contributed by atoms with E-state index in [1.807, 2.05) is 16.8 Å². The summed E-state index contributed by atoms with van der Waals surface area (Å²) in [6.07, 6.45) is 5.60. The van der Waals surface area contributed by atoms with Gasteiger partial charge < -0.3 is 10.7 Å². The van der Waals surface area contributed by atoms with Crippen molar-refractivity contribution in [1.82, 2.24) is 19.4 Å². The van der Waals surface area contributed by atoms with Gasteiger partial charge in [0.25, 0.3) is 0 Å². The number of aromatic nitrogens is 4. The van der Waals surface area contributed by atoms with Gasteiger partial charge in [-0.1, -0.05) is 13.8 Å². The van der Waals surface area contributed by atoms with E-state index >= 15 is 0 Å². The number of anilines is 1. The van der Waals surface area contributed by atoms with Crippen molar-refractivity contribution in [3.8, 4) is 11.4 Å². The number of imidazole rings is 2. The third-order valence-electron chi connectivity index (χ3n) is 2.60. The van der Waals surface area contributed by atoms with Crippen LogP contribution in [0.1, 0.15) is 24.8 Å². The molecule has 0 radical (unpaired) electrons. The van der Waals surface area contributed by atoms with Crippen LogP contribution >= 0.6 is 11.3 Å². The summed E-state index contributed by atoms with van der Waals surface area (Å²) < 4.78 is 1.92. The number of rotatable bonds is 2. The molecule has 3 N–H and O–H groups in total. The first-order valence-electron chi connectivity index (χ1n) is 5.43. The van der Waals surface area contributed by atoms with Crippen LogP contribution in [0.15, 0.2) is 18.6 Å². The Balaban J connectivity index is 2.11. The van der Waals surface area contributed by atoms with Crippen molar-refractivity contribution in [3.63, 3.8) is 0 Å². The minimum Gasteiger partial charge on any atom is -0.389 e. The molecule has 0 aliphatic heterocycles. The summed E-state index contributed by atoms with van der Waals surface area (Å²) in [7, 11) is 0. The van der Waals surface area contributed by atoms with Crippen molar-refractivity contribution < 1.29 is 0 Å². The van der Waals surface area contributed by atoms with Crippen LogP contribution in [0.2, 0.25) is 0 Å². The van der Waals surface area contributed by atoms with Crippen LogP contribution in [0, 0.1) is 0 Å². The van der Waals surface area contributed by atoms with Crippen molar-refractivity contribution in [1.29, 1.82) is 0 Å². The van der Waals surface area contributed by atoms with Gasteiger partial charge in [-0.05, 0) is 0 Å². The second-order valence-corrected chi connectivity index (χ2v) is 5.31. The molecule has 0 bridgehead atoms. The molecule has 3 rings (SSSR count). The quantitative estimate of drug-likeness (QED) is 0.730. The lowest BCUT2D eigenvalue weighted by molar-refractivity contribution is 0.853. The zero-order valence-corrected chi connectivity index (χ0v) is 10.5. The monoisotopic (exact) mass is 247 g/mol. The minimum atomic E-state index is 0.398. The molecule has 88 valence electrons. The highest BCUT2D eigenvalue weighted by molar-refractivity contribution is 7.16. The third kappa shape index (κ3) is 1.61. The first-order valence-corrected chi connectivity index (χ1v) is 6.25. The van der Waals surface area contributed by atoms with Crippen molar-refractivity contribution in [2.75, 3.05) is 5.73 Å². The van der Waals surface area contributed by atoms with Crippen molar-refractivity contribution in [2.45, 2.75) is 19.8 Å². The van der Waals surface area contributed by atoms with Gasteiger partial charge in [0.15, 0.2) is 0 Å². The molecule has 6 heteroatoms. The summed E-state index contributed by atoms with van der Waals surface area (Å²) in [5, 5.41) is 1.81. The van der Waals surface area contributed by atoms with E-state index in [0.29, 0.717) is 5.92 Å². The molecular weight excluding hydrogens is 234 g/mol. The van der Waals surface area contributed by atoms with Crippen LogP contribution in [0.5, 0.6) is 0 Å². The molecule has 0 atom stereocenters. The number of nitrogens with zero attached hydrogens (tertiary/aromatic N) is 3. The second-order valence-electron chi connectivity index (χ2n) is 4.25. The Hall–Kier alpha value is -1.82. The Morgan fingerprint density at radius 3 is 2.94 bits per heavy atom. The van der Waals surface area contributed by atoms with Gasteiger partial charge in [0.2, 0.25) is 5.78 Å². The predicted octanol–water partition coefficient (Wildman–Crippen LogP) is 2.49. The smallest absolute Gasteiger partial charge is 0.211 e.